The maximum absolute atomic E-state index is 12.0. The summed E-state index contributed by atoms with van der Waals surface area (Å²) in [7, 11) is 0. The number of pyridine rings is 1. The Bertz CT molecular complexity index is 880. The third-order valence-corrected chi connectivity index (χ3v) is 3.42. The molecular weight excluding hydrogens is 344 g/mol. The van der Waals surface area contributed by atoms with Crippen molar-refractivity contribution in [2.45, 2.75) is 0 Å². The van der Waals surface area contributed by atoms with E-state index in [9.17, 15) is 9.59 Å². The lowest BCUT2D eigenvalue weighted by molar-refractivity contribution is -0.115. The van der Waals surface area contributed by atoms with E-state index in [1.165, 1.54) is 29.6 Å². The number of benzene rings is 1. The van der Waals surface area contributed by atoms with Gasteiger partial charge in [0.15, 0.2) is 5.82 Å². The molecule has 0 spiro atoms. The van der Waals surface area contributed by atoms with Crippen molar-refractivity contribution >= 4 is 29.1 Å². The Kier molecular flexibility index (Phi) is 5.00. The number of carbonyl (C=O) groups excluding carboxylic acids is 2. The molecule has 25 heavy (non-hydrogen) atoms. The summed E-state index contributed by atoms with van der Waals surface area (Å²) >= 11 is 5.83. The molecule has 0 bridgehead atoms. The minimum atomic E-state index is -0.377. The van der Waals surface area contributed by atoms with E-state index >= 15 is 0 Å². The zero-order chi connectivity index (χ0) is 17.6. The molecule has 0 saturated heterocycles. The molecular formula is C16H13ClN6O2. The number of nitrogens with one attached hydrogen (secondary N) is 2. The van der Waals surface area contributed by atoms with Gasteiger partial charge in [-0.15, -0.1) is 0 Å². The summed E-state index contributed by atoms with van der Waals surface area (Å²) in [6.45, 7) is -0.170. The third kappa shape index (κ3) is 4.39. The Morgan fingerprint density at radius 3 is 2.76 bits per heavy atom. The summed E-state index contributed by atoms with van der Waals surface area (Å²) < 4.78 is 1.50. The van der Waals surface area contributed by atoms with Crippen LogP contribution in [0, 0.1) is 0 Å². The van der Waals surface area contributed by atoms with E-state index in [1.54, 1.807) is 30.3 Å². The predicted octanol–water partition coefficient (Wildman–Crippen LogP) is 1.68. The average molecular weight is 357 g/mol. The SMILES string of the molecule is O=C(CNC(=O)c1cccc(Cl)c1)Nc1ccc(-n2cncn2)nc1. The van der Waals surface area contributed by atoms with E-state index in [-0.39, 0.29) is 18.4 Å². The highest BCUT2D eigenvalue weighted by Gasteiger charge is 2.09. The molecule has 0 aliphatic heterocycles. The molecule has 0 fully saturated rings. The van der Waals surface area contributed by atoms with Gasteiger partial charge in [-0.3, -0.25) is 9.59 Å². The van der Waals surface area contributed by atoms with Crippen LogP contribution in [0.3, 0.4) is 0 Å². The van der Waals surface area contributed by atoms with Crippen molar-refractivity contribution in [2.24, 2.45) is 0 Å². The Hall–Kier alpha value is -3.26. The second-order valence-corrected chi connectivity index (χ2v) is 5.42. The molecule has 2 amide bonds. The van der Waals surface area contributed by atoms with Gasteiger partial charge < -0.3 is 10.6 Å². The van der Waals surface area contributed by atoms with Crippen LogP contribution in [-0.4, -0.2) is 38.1 Å². The van der Waals surface area contributed by atoms with E-state index in [0.29, 0.717) is 22.1 Å². The molecule has 0 unspecified atom stereocenters. The Labute approximate surface area is 147 Å². The number of halogens is 1. The number of carbonyl (C=O) groups is 2. The van der Waals surface area contributed by atoms with E-state index in [4.69, 9.17) is 11.6 Å². The fraction of sp³-hybridized carbons (Fsp3) is 0.0625. The minimum absolute atomic E-state index is 0.170. The van der Waals surface area contributed by atoms with Crippen LogP contribution in [-0.2, 0) is 4.79 Å². The van der Waals surface area contributed by atoms with Crippen molar-refractivity contribution in [1.29, 1.82) is 0 Å². The van der Waals surface area contributed by atoms with Crippen LogP contribution < -0.4 is 10.6 Å². The molecule has 2 aromatic heterocycles. The molecule has 0 atom stereocenters. The highest BCUT2D eigenvalue weighted by molar-refractivity contribution is 6.31. The molecule has 2 heterocycles. The zero-order valence-corrected chi connectivity index (χ0v) is 13.6. The quantitative estimate of drug-likeness (QED) is 0.724. The normalized spacial score (nSPS) is 10.3. The highest BCUT2D eigenvalue weighted by Crippen LogP contribution is 2.11. The van der Waals surface area contributed by atoms with Crippen molar-refractivity contribution in [1.82, 2.24) is 25.1 Å². The van der Waals surface area contributed by atoms with Crippen molar-refractivity contribution in [3.05, 3.63) is 65.8 Å². The summed E-state index contributed by atoms with van der Waals surface area (Å²) in [5.74, 6) is -0.173. The standard InChI is InChI=1S/C16H13ClN6O2/c17-12-3-1-2-11(6-12)16(25)20-8-15(24)22-13-4-5-14(19-7-13)23-10-18-9-21-23/h1-7,9-10H,8H2,(H,20,25)(H,22,24). The molecule has 3 aromatic rings. The fourth-order valence-corrected chi connectivity index (χ4v) is 2.21. The van der Waals surface area contributed by atoms with E-state index < -0.39 is 0 Å². The first kappa shape index (κ1) is 16.6. The number of hydrogen-bond donors (Lipinski definition) is 2. The summed E-state index contributed by atoms with van der Waals surface area (Å²) in [6, 6.07) is 9.85. The van der Waals surface area contributed by atoms with Gasteiger partial charge in [-0.05, 0) is 30.3 Å². The highest BCUT2D eigenvalue weighted by atomic mass is 35.5. The van der Waals surface area contributed by atoms with Crippen LogP contribution in [0.2, 0.25) is 5.02 Å². The number of nitrogens with zero attached hydrogens (tertiary/aromatic N) is 4. The number of hydrogen-bond acceptors (Lipinski definition) is 5. The third-order valence-electron chi connectivity index (χ3n) is 3.18. The lowest BCUT2D eigenvalue weighted by Crippen LogP contribution is -2.32. The smallest absolute Gasteiger partial charge is 0.251 e. The molecule has 1 aromatic carbocycles. The van der Waals surface area contributed by atoms with Gasteiger partial charge in [0.2, 0.25) is 5.91 Å². The lowest BCUT2D eigenvalue weighted by Gasteiger charge is -2.07. The van der Waals surface area contributed by atoms with Crippen LogP contribution in [0.5, 0.6) is 0 Å². The number of amides is 2. The molecule has 0 saturated carbocycles. The van der Waals surface area contributed by atoms with Gasteiger partial charge in [0.25, 0.3) is 5.91 Å². The number of anilines is 1. The molecule has 0 radical (unpaired) electrons. The Morgan fingerprint density at radius 2 is 2.08 bits per heavy atom. The van der Waals surface area contributed by atoms with E-state index in [2.05, 4.69) is 25.7 Å². The second-order valence-electron chi connectivity index (χ2n) is 4.99. The number of aromatic nitrogens is 4. The average Bonchev–Trinajstić information content (AvgIpc) is 3.15. The van der Waals surface area contributed by atoms with Gasteiger partial charge in [0.05, 0.1) is 18.4 Å². The monoisotopic (exact) mass is 356 g/mol. The molecule has 126 valence electrons. The van der Waals surface area contributed by atoms with E-state index in [1.807, 2.05) is 0 Å². The van der Waals surface area contributed by atoms with Crippen molar-refractivity contribution in [2.75, 3.05) is 11.9 Å². The molecule has 0 aliphatic carbocycles. The molecule has 8 nitrogen and oxygen atoms in total. The zero-order valence-electron chi connectivity index (χ0n) is 12.9. The van der Waals surface area contributed by atoms with Crippen LogP contribution in [0.15, 0.2) is 55.2 Å². The number of rotatable bonds is 5. The van der Waals surface area contributed by atoms with Gasteiger partial charge in [0.1, 0.15) is 12.7 Å². The van der Waals surface area contributed by atoms with Crippen molar-refractivity contribution in [3.8, 4) is 5.82 Å². The van der Waals surface area contributed by atoms with Crippen LogP contribution in [0.4, 0.5) is 5.69 Å². The maximum Gasteiger partial charge on any atom is 0.251 e. The lowest BCUT2D eigenvalue weighted by atomic mass is 10.2. The molecule has 9 heteroatoms. The van der Waals surface area contributed by atoms with Gasteiger partial charge in [-0.2, -0.15) is 5.10 Å². The molecule has 2 N–H and O–H groups in total. The second kappa shape index (κ2) is 7.54. The molecule has 3 rings (SSSR count). The van der Waals surface area contributed by atoms with E-state index in [0.717, 1.165) is 0 Å². The van der Waals surface area contributed by atoms with Crippen LogP contribution in [0.1, 0.15) is 10.4 Å². The summed E-state index contributed by atoms with van der Waals surface area (Å²) in [5.41, 5.74) is 0.894. The van der Waals surface area contributed by atoms with Crippen molar-refractivity contribution < 1.29 is 9.59 Å². The van der Waals surface area contributed by atoms with Gasteiger partial charge in [-0.25, -0.2) is 14.6 Å². The first-order valence-corrected chi connectivity index (χ1v) is 7.64. The summed E-state index contributed by atoms with van der Waals surface area (Å²) in [5, 5.41) is 9.59. The Balaban J connectivity index is 1.53. The topological polar surface area (TPSA) is 102 Å². The largest absolute Gasteiger partial charge is 0.343 e. The first-order chi connectivity index (χ1) is 12.1. The Morgan fingerprint density at radius 1 is 1.20 bits per heavy atom. The fourth-order valence-electron chi connectivity index (χ4n) is 2.02. The summed E-state index contributed by atoms with van der Waals surface area (Å²) in [6.07, 6.45) is 4.42. The molecule has 0 aliphatic rings. The maximum atomic E-state index is 12.0. The first-order valence-electron chi connectivity index (χ1n) is 7.26. The van der Waals surface area contributed by atoms with Gasteiger partial charge in [-0.1, -0.05) is 17.7 Å². The van der Waals surface area contributed by atoms with Crippen LogP contribution in [0.25, 0.3) is 5.82 Å². The van der Waals surface area contributed by atoms with Crippen molar-refractivity contribution in [3.63, 3.8) is 0 Å². The van der Waals surface area contributed by atoms with Gasteiger partial charge >= 0.3 is 0 Å². The predicted molar refractivity (Wildman–Crippen MR) is 91.6 cm³/mol. The van der Waals surface area contributed by atoms with Gasteiger partial charge in [0, 0.05) is 10.6 Å². The van der Waals surface area contributed by atoms with Crippen LogP contribution >= 0.6 is 11.6 Å². The minimum Gasteiger partial charge on any atom is -0.343 e. The summed E-state index contributed by atoms with van der Waals surface area (Å²) in [4.78, 5) is 31.9.